The van der Waals surface area contributed by atoms with Gasteiger partial charge in [-0.25, -0.2) is 0 Å². The Morgan fingerprint density at radius 2 is 1.58 bits per heavy atom. The third-order valence-corrected chi connectivity index (χ3v) is 3.37. The van der Waals surface area contributed by atoms with E-state index >= 15 is 0 Å². The number of Topliss-reactive ketones (excluding diaryl/α,β-unsaturated/α-hetero) is 2. The van der Waals surface area contributed by atoms with E-state index in [1.54, 1.807) is 24.3 Å². The van der Waals surface area contributed by atoms with Crippen LogP contribution in [-0.2, 0) is 15.0 Å². The van der Waals surface area contributed by atoms with Crippen LogP contribution in [0, 0.1) is 0 Å². The van der Waals surface area contributed by atoms with Gasteiger partial charge in [0.2, 0.25) is 0 Å². The number of ketones is 2. The normalized spacial score (nSPS) is 11.1. The van der Waals surface area contributed by atoms with Crippen molar-refractivity contribution in [1.29, 1.82) is 0 Å². The Kier molecular flexibility index (Phi) is 4.59. The molecule has 1 aromatic carbocycles. The molecule has 0 spiro atoms. The van der Waals surface area contributed by atoms with E-state index in [9.17, 15) is 14.4 Å². The van der Waals surface area contributed by atoms with Crippen LogP contribution in [0.4, 0.5) is 0 Å². The molecule has 0 fully saturated rings. The zero-order valence-electron chi connectivity index (χ0n) is 11.4. The summed E-state index contributed by atoms with van der Waals surface area (Å²) in [5.41, 5.74) is 0.738. The highest BCUT2D eigenvalue weighted by Crippen LogP contribution is 2.24. The minimum Gasteiger partial charge on any atom is -0.481 e. The summed E-state index contributed by atoms with van der Waals surface area (Å²) in [5, 5.41) is 8.53. The monoisotopic (exact) mass is 262 g/mol. The number of benzene rings is 1. The fourth-order valence-electron chi connectivity index (χ4n) is 1.64. The van der Waals surface area contributed by atoms with Crippen LogP contribution in [0.2, 0.25) is 0 Å². The highest BCUT2D eigenvalue weighted by molar-refractivity contribution is 5.97. The van der Waals surface area contributed by atoms with Crippen LogP contribution in [0.15, 0.2) is 24.3 Å². The molecule has 0 unspecified atom stereocenters. The summed E-state index contributed by atoms with van der Waals surface area (Å²) in [4.78, 5) is 33.6. The quantitative estimate of drug-likeness (QED) is 0.800. The Labute approximate surface area is 112 Å². The fraction of sp³-hybridized carbons (Fsp3) is 0.400. The minimum atomic E-state index is -0.984. The second-order valence-corrected chi connectivity index (χ2v) is 5.08. The summed E-state index contributed by atoms with van der Waals surface area (Å²) in [6.07, 6.45) is -0.176. The van der Waals surface area contributed by atoms with Gasteiger partial charge in [0.25, 0.3) is 0 Å². The molecule has 1 N–H and O–H groups in total. The Balaban J connectivity index is 2.85. The van der Waals surface area contributed by atoms with Gasteiger partial charge in [0.05, 0.1) is 6.42 Å². The molecule has 4 nitrogen and oxygen atoms in total. The van der Waals surface area contributed by atoms with Gasteiger partial charge < -0.3 is 5.11 Å². The van der Waals surface area contributed by atoms with Gasteiger partial charge in [-0.1, -0.05) is 24.3 Å². The lowest BCUT2D eigenvalue weighted by Gasteiger charge is -2.21. The highest BCUT2D eigenvalue weighted by atomic mass is 16.4. The second kappa shape index (κ2) is 5.78. The lowest BCUT2D eigenvalue weighted by Crippen LogP contribution is -2.26. The van der Waals surface area contributed by atoms with E-state index in [1.165, 1.54) is 6.92 Å². The van der Waals surface area contributed by atoms with Crippen molar-refractivity contribution in [2.45, 2.75) is 39.0 Å². The van der Waals surface area contributed by atoms with Crippen LogP contribution in [0.3, 0.4) is 0 Å². The number of aliphatic carboxylic acids is 1. The van der Waals surface area contributed by atoms with E-state index < -0.39 is 11.4 Å². The van der Waals surface area contributed by atoms with Gasteiger partial charge in [-0.15, -0.1) is 0 Å². The van der Waals surface area contributed by atoms with Crippen molar-refractivity contribution in [3.63, 3.8) is 0 Å². The average Bonchev–Trinajstić information content (AvgIpc) is 2.35. The second-order valence-electron chi connectivity index (χ2n) is 5.08. The van der Waals surface area contributed by atoms with E-state index in [1.807, 2.05) is 13.8 Å². The number of carboxylic acid groups (broad SMARTS) is 1. The van der Waals surface area contributed by atoms with E-state index in [4.69, 9.17) is 5.11 Å². The third kappa shape index (κ3) is 3.74. The van der Waals surface area contributed by atoms with Crippen molar-refractivity contribution in [2.24, 2.45) is 0 Å². The molecule has 0 saturated carbocycles. The van der Waals surface area contributed by atoms with Gasteiger partial charge >= 0.3 is 5.97 Å². The third-order valence-electron chi connectivity index (χ3n) is 3.37. The molecule has 0 radical (unpaired) electrons. The van der Waals surface area contributed by atoms with Crippen molar-refractivity contribution in [3.05, 3.63) is 35.4 Å². The maximum absolute atomic E-state index is 11.7. The van der Waals surface area contributed by atoms with Gasteiger partial charge in [0, 0.05) is 17.4 Å². The largest absolute Gasteiger partial charge is 0.481 e. The molecule has 4 heteroatoms. The predicted molar refractivity (Wildman–Crippen MR) is 71.3 cm³/mol. The van der Waals surface area contributed by atoms with Crippen molar-refractivity contribution in [3.8, 4) is 0 Å². The van der Waals surface area contributed by atoms with E-state index in [2.05, 4.69) is 0 Å². The average molecular weight is 262 g/mol. The first-order valence-electron chi connectivity index (χ1n) is 6.11. The number of carbonyl (C=O) groups is 3. The molecule has 1 rings (SSSR count). The molecule has 0 bridgehead atoms. The van der Waals surface area contributed by atoms with Crippen molar-refractivity contribution < 1.29 is 19.5 Å². The zero-order chi connectivity index (χ0) is 14.6. The van der Waals surface area contributed by atoms with Crippen LogP contribution in [0.1, 0.15) is 49.5 Å². The SMILES string of the molecule is CC(=O)C(C)(C)c1ccc(C(=O)CCC(=O)O)cc1. The molecule has 0 heterocycles. The molecular weight excluding hydrogens is 244 g/mol. The summed E-state index contributed by atoms with van der Waals surface area (Å²) >= 11 is 0. The van der Waals surface area contributed by atoms with E-state index in [-0.39, 0.29) is 24.4 Å². The van der Waals surface area contributed by atoms with Crippen molar-refractivity contribution in [1.82, 2.24) is 0 Å². The van der Waals surface area contributed by atoms with Gasteiger partial charge in [0.1, 0.15) is 5.78 Å². The lowest BCUT2D eigenvalue weighted by atomic mass is 9.81. The zero-order valence-corrected chi connectivity index (χ0v) is 11.4. The molecule has 0 atom stereocenters. The maximum atomic E-state index is 11.7. The predicted octanol–water partition coefficient (Wildman–Crippen LogP) is 2.60. The van der Waals surface area contributed by atoms with Gasteiger partial charge in [0.15, 0.2) is 5.78 Å². The Morgan fingerprint density at radius 3 is 2.00 bits per heavy atom. The number of hydrogen-bond acceptors (Lipinski definition) is 3. The molecule has 0 aliphatic carbocycles. The summed E-state index contributed by atoms with van der Waals surface area (Å²) < 4.78 is 0. The maximum Gasteiger partial charge on any atom is 0.303 e. The number of carbonyl (C=O) groups excluding carboxylic acids is 2. The molecule has 0 aromatic heterocycles. The molecule has 0 aliphatic heterocycles. The first-order chi connectivity index (χ1) is 8.75. The van der Waals surface area contributed by atoms with Crippen LogP contribution < -0.4 is 0 Å². The summed E-state index contributed by atoms with van der Waals surface area (Å²) in [6, 6.07) is 6.78. The summed E-state index contributed by atoms with van der Waals surface area (Å²) in [6.45, 7) is 5.19. The van der Waals surface area contributed by atoms with Crippen LogP contribution in [-0.4, -0.2) is 22.6 Å². The fourth-order valence-corrected chi connectivity index (χ4v) is 1.64. The minimum absolute atomic E-state index is 0.00915. The first-order valence-corrected chi connectivity index (χ1v) is 6.11. The molecule has 102 valence electrons. The van der Waals surface area contributed by atoms with Crippen molar-refractivity contribution in [2.75, 3.05) is 0 Å². The smallest absolute Gasteiger partial charge is 0.303 e. The van der Waals surface area contributed by atoms with Crippen LogP contribution in [0.25, 0.3) is 0 Å². The molecule has 1 aromatic rings. The summed E-state index contributed by atoms with van der Waals surface area (Å²) in [7, 11) is 0. The van der Waals surface area contributed by atoms with Crippen molar-refractivity contribution >= 4 is 17.5 Å². The first kappa shape index (κ1) is 15.1. The molecule has 0 saturated heterocycles. The highest BCUT2D eigenvalue weighted by Gasteiger charge is 2.25. The topological polar surface area (TPSA) is 71.4 Å². The number of hydrogen-bond donors (Lipinski definition) is 1. The van der Waals surface area contributed by atoms with Crippen LogP contribution in [0.5, 0.6) is 0 Å². The molecule has 0 aliphatic rings. The standard InChI is InChI=1S/C15H18O4/c1-10(16)15(2,3)12-6-4-11(5-7-12)13(17)8-9-14(18)19/h4-7H,8-9H2,1-3H3,(H,18,19). The molecular formula is C15H18O4. The molecule has 19 heavy (non-hydrogen) atoms. The Hall–Kier alpha value is -1.97. The van der Waals surface area contributed by atoms with E-state index in [0.29, 0.717) is 5.56 Å². The van der Waals surface area contributed by atoms with Crippen LogP contribution >= 0.6 is 0 Å². The lowest BCUT2D eigenvalue weighted by molar-refractivity contribution is -0.137. The van der Waals surface area contributed by atoms with Gasteiger partial charge in [-0.05, 0) is 26.3 Å². The Bertz CT molecular complexity index is 497. The molecule has 0 amide bonds. The Morgan fingerprint density at radius 1 is 1.05 bits per heavy atom. The van der Waals surface area contributed by atoms with E-state index in [0.717, 1.165) is 5.56 Å². The summed E-state index contributed by atoms with van der Waals surface area (Å²) in [5.74, 6) is -1.13. The van der Waals surface area contributed by atoms with Gasteiger partial charge in [-0.2, -0.15) is 0 Å². The number of carboxylic acids is 1. The number of rotatable bonds is 6. The van der Waals surface area contributed by atoms with Gasteiger partial charge in [-0.3, -0.25) is 14.4 Å².